The van der Waals surface area contributed by atoms with Gasteiger partial charge in [-0.05, 0) is 31.9 Å². The molecule has 0 spiro atoms. The molecule has 9 heteroatoms. The number of amides is 1. The molecule has 0 bridgehead atoms. The van der Waals surface area contributed by atoms with Crippen molar-refractivity contribution in [2.24, 2.45) is 0 Å². The summed E-state index contributed by atoms with van der Waals surface area (Å²) in [5, 5.41) is 4.53. The van der Waals surface area contributed by atoms with E-state index < -0.39 is 0 Å². The van der Waals surface area contributed by atoms with Crippen LogP contribution in [0, 0.1) is 6.92 Å². The van der Waals surface area contributed by atoms with Crippen molar-refractivity contribution in [1.82, 2.24) is 25.0 Å². The van der Waals surface area contributed by atoms with Crippen molar-refractivity contribution in [3.05, 3.63) is 40.8 Å². The van der Waals surface area contributed by atoms with Gasteiger partial charge in [0.25, 0.3) is 11.8 Å². The van der Waals surface area contributed by atoms with E-state index in [0.29, 0.717) is 46.2 Å². The maximum atomic E-state index is 12.6. The fraction of sp³-hybridized carbons (Fsp3) is 0.353. The summed E-state index contributed by atoms with van der Waals surface area (Å²) in [5.41, 5.74) is 7.06. The summed E-state index contributed by atoms with van der Waals surface area (Å²) in [6, 6.07) is 5.55. The number of nitrogens with zero attached hydrogens (tertiary/aromatic N) is 5. The van der Waals surface area contributed by atoms with Crippen molar-refractivity contribution >= 4 is 22.4 Å². The van der Waals surface area contributed by atoms with Gasteiger partial charge in [-0.1, -0.05) is 22.6 Å². The molecule has 0 aliphatic carbocycles. The number of nitrogens with two attached hydrogens (primary N) is 1. The number of carbonyl (C=O) groups excluding carboxylic acids is 1. The van der Waals surface area contributed by atoms with Crippen molar-refractivity contribution in [2.75, 3.05) is 18.8 Å². The van der Waals surface area contributed by atoms with Crippen LogP contribution in [0.15, 0.2) is 28.9 Å². The number of hydrogen-bond donors (Lipinski definition) is 1. The van der Waals surface area contributed by atoms with E-state index in [0.717, 1.165) is 12.8 Å². The quantitative estimate of drug-likeness (QED) is 0.754. The fourth-order valence-electron chi connectivity index (χ4n) is 3.09. The van der Waals surface area contributed by atoms with Crippen LogP contribution in [-0.2, 0) is 0 Å². The van der Waals surface area contributed by atoms with E-state index in [-0.39, 0.29) is 11.8 Å². The number of aromatic nitrogens is 4. The molecule has 3 aromatic heterocycles. The minimum atomic E-state index is -0.00237. The lowest BCUT2D eigenvalue weighted by atomic mass is 9.96. The summed E-state index contributed by atoms with van der Waals surface area (Å²) >= 11 is 1.24. The Morgan fingerprint density at radius 2 is 2.12 bits per heavy atom. The molecule has 0 atom stereocenters. The van der Waals surface area contributed by atoms with Gasteiger partial charge in [-0.15, -0.1) is 0 Å². The third-order valence-corrected chi connectivity index (χ3v) is 5.46. The maximum absolute atomic E-state index is 12.6. The highest BCUT2D eigenvalue weighted by Gasteiger charge is 2.29. The number of likely N-dealkylation sites (tertiary alicyclic amines) is 1. The van der Waals surface area contributed by atoms with Gasteiger partial charge in [0.05, 0.1) is 5.69 Å². The van der Waals surface area contributed by atoms with Gasteiger partial charge in [-0.25, -0.2) is 4.98 Å². The first-order valence-electron chi connectivity index (χ1n) is 8.39. The van der Waals surface area contributed by atoms with Gasteiger partial charge in [0.15, 0.2) is 11.0 Å². The Labute approximate surface area is 154 Å². The normalized spacial score (nSPS) is 15.3. The predicted octanol–water partition coefficient (Wildman–Crippen LogP) is 2.50. The van der Waals surface area contributed by atoms with Gasteiger partial charge in [-0.3, -0.25) is 9.78 Å². The summed E-state index contributed by atoms with van der Waals surface area (Å²) in [7, 11) is 0. The second kappa shape index (κ2) is 6.83. The monoisotopic (exact) mass is 370 g/mol. The molecular weight excluding hydrogens is 352 g/mol. The van der Waals surface area contributed by atoms with E-state index >= 15 is 0 Å². The van der Waals surface area contributed by atoms with Gasteiger partial charge < -0.3 is 15.2 Å². The second-order valence-electron chi connectivity index (χ2n) is 6.21. The molecule has 4 heterocycles. The Kier molecular flexibility index (Phi) is 4.37. The standard InChI is InChI=1S/C17H18N6O2S/c1-10-13(26-17(18)20-10)16(24)23-8-5-11(6-9-23)14-21-15(25-22-14)12-4-2-3-7-19-12/h2-4,7,11H,5-6,8-9H2,1H3,(H2,18,20). The van der Waals surface area contributed by atoms with Crippen LogP contribution in [0.4, 0.5) is 5.13 Å². The number of aryl methyl sites for hydroxylation is 1. The van der Waals surface area contributed by atoms with Crippen LogP contribution < -0.4 is 5.73 Å². The number of anilines is 1. The molecule has 1 saturated heterocycles. The number of piperidine rings is 1. The fourth-order valence-corrected chi connectivity index (χ4v) is 3.90. The number of pyridine rings is 1. The molecule has 0 radical (unpaired) electrons. The second-order valence-corrected chi connectivity index (χ2v) is 7.24. The molecule has 2 N–H and O–H groups in total. The van der Waals surface area contributed by atoms with Crippen LogP contribution in [0.5, 0.6) is 0 Å². The molecule has 1 fully saturated rings. The molecule has 1 aliphatic heterocycles. The summed E-state index contributed by atoms with van der Waals surface area (Å²) < 4.78 is 5.34. The van der Waals surface area contributed by atoms with E-state index in [4.69, 9.17) is 10.3 Å². The van der Waals surface area contributed by atoms with Crippen LogP contribution in [0.1, 0.15) is 39.9 Å². The van der Waals surface area contributed by atoms with Gasteiger partial charge in [0.1, 0.15) is 10.6 Å². The van der Waals surface area contributed by atoms with Crippen LogP contribution in [0.2, 0.25) is 0 Å². The van der Waals surface area contributed by atoms with Crippen molar-refractivity contribution in [3.63, 3.8) is 0 Å². The molecule has 1 aliphatic rings. The lowest BCUT2D eigenvalue weighted by molar-refractivity contribution is 0.0714. The number of carbonyl (C=O) groups is 1. The van der Waals surface area contributed by atoms with Crippen molar-refractivity contribution in [2.45, 2.75) is 25.7 Å². The third kappa shape index (κ3) is 3.17. The molecule has 134 valence electrons. The summed E-state index contributed by atoms with van der Waals surface area (Å²) in [4.78, 5) is 28.0. The molecular formula is C17H18N6O2S. The van der Waals surface area contributed by atoms with Crippen LogP contribution in [0.3, 0.4) is 0 Å². The zero-order chi connectivity index (χ0) is 18.1. The van der Waals surface area contributed by atoms with E-state index in [9.17, 15) is 4.79 Å². The Balaban J connectivity index is 1.42. The van der Waals surface area contributed by atoms with Crippen molar-refractivity contribution < 1.29 is 9.32 Å². The Hall–Kier alpha value is -2.81. The highest BCUT2D eigenvalue weighted by molar-refractivity contribution is 7.17. The van der Waals surface area contributed by atoms with Gasteiger partial charge in [-0.2, -0.15) is 4.98 Å². The Bertz CT molecular complexity index is 914. The molecule has 0 unspecified atom stereocenters. The Morgan fingerprint density at radius 1 is 1.31 bits per heavy atom. The van der Waals surface area contributed by atoms with E-state index in [1.165, 1.54) is 11.3 Å². The number of nitrogen functional groups attached to an aromatic ring is 1. The average molecular weight is 370 g/mol. The molecule has 8 nitrogen and oxygen atoms in total. The van der Waals surface area contributed by atoms with Crippen LogP contribution in [0.25, 0.3) is 11.6 Å². The lowest BCUT2D eigenvalue weighted by Gasteiger charge is -2.30. The third-order valence-electron chi connectivity index (χ3n) is 4.48. The molecule has 4 rings (SSSR count). The zero-order valence-electron chi connectivity index (χ0n) is 14.3. The number of thiazole rings is 1. The highest BCUT2D eigenvalue weighted by Crippen LogP contribution is 2.29. The first kappa shape index (κ1) is 16.6. The summed E-state index contributed by atoms with van der Waals surface area (Å²) in [5.74, 6) is 1.27. The Morgan fingerprint density at radius 3 is 2.77 bits per heavy atom. The topological polar surface area (TPSA) is 111 Å². The highest BCUT2D eigenvalue weighted by atomic mass is 32.1. The summed E-state index contributed by atoms with van der Waals surface area (Å²) in [6.45, 7) is 3.10. The van der Waals surface area contributed by atoms with Crippen LogP contribution >= 0.6 is 11.3 Å². The molecule has 26 heavy (non-hydrogen) atoms. The van der Waals surface area contributed by atoms with Crippen LogP contribution in [-0.4, -0.2) is 44.0 Å². The minimum absolute atomic E-state index is 0.00237. The predicted molar refractivity (Wildman–Crippen MR) is 96.7 cm³/mol. The lowest BCUT2D eigenvalue weighted by Crippen LogP contribution is -2.38. The minimum Gasteiger partial charge on any atom is -0.375 e. The largest absolute Gasteiger partial charge is 0.375 e. The smallest absolute Gasteiger partial charge is 0.276 e. The SMILES string of the molecule is Cc1nc(N)sc1C(=O)N1CCC(c2noc(-c3ccccn3)n2)CC1. The number of hydrogen-bond acceptors (Lipinski definition) is 8. The maximum Gasteiger partial charge on any atom is 0.276 e. The number of rotatable bonds is 3. The molecule has 1 amide bonds. The van der Waals surface area contributed by atoms with Gasteiger partial charge >= 0.3 is 0 Å². The molecule has 3 aromatic rings. The zero-order valence-corrected chi connectivity index (χ0v) is 15.1. The van der Waals surface area contributed by atoms with Crippen molar-refractivity contribution in [1.29, 1.82) is 0 Å². The average Bonchev–Trinajstić information content (AvgIpc) is 3.29. The first-order chi connectivity index (χ1) is 12.6. The van der Waals surface area contributed by atoms with Gasteiger partial charge in [0, 0.05) is 25.2 Å². The molecule has 0 saturated carbocycles. The van der Waals surface area contributed by atoms with E-state index in [1.807, 2.05) is 30.0 Å². The molecule has 0 aromatic carbocycles. The van der Waals surface area contributed by atoms with E-state index in [2.05, 4.69) is 20.1 Å². The van der Waals surface area contributed by atoms with E-state index in [1.54, 1.807) is 6.20 Å². The first-order valence-corrected chi connectivity index (χ1v) is 9.20. The summed E-state index contributed by atoms with van der Waals surface area (Å²) in [6.07, 6.45) is 3.28. The van der Waals surface area contributed by atoms with Crippen molar-refractivity contribution in [3.8, 4) is 11.6 Å². The van der Waals surface area contributed by atoms with Gasteiger partial charge in [0.2, 0.25) is 0 Å².